The molecule has 1 aromatic rings. The summed E-state index contributed by atoms with van der Waals surface area (Å²) in [5, 5.41) is 2.93. The van der Waals surface area contributed by atoms with Gasteiger partial charge < -0.3 is 15.8 Å². The maximum Gasteiger partial charge on any atom is 0.255 e. The number of anilines is 1. The number of carbonyl (C=O) groups excluding carboxylic acids is 1. The van der Waals surface area contributed by atoms with Crippen molar-refractivity contribution in [1.29, 1.82) is 0 Å². The van der Waals surface area contributed by atoms with E-state index >= 15 is 0 Å². The van der Waals surface area contributed by atoms with Gasteiger partial charge in [-0.25, -0.2) is 0 Å². The molecule has 1 atom stereocenters. The van der Waals surface area contributed by atoms with E-state index in [0.29, 0.717) is 23.6 Å². The number of nitrogen functional groups attached to an aromatic ring is 1. The van der Waals surface area contributed by atoms with Gasteiger partial charge in [-0.05, 0) is 32.2 Å². The molecule has 0 aromatic heterocycles. The molecule has 5 heteroatoms. The van der Waals surface area contributed by atoms with Gasteiger partial charge in [-0.15, -0.1) is 0 Å². The highest BCUT2D eigenvalue weighted by atomic mass is 32.2. The van der Waals surface area contributed by atoms with Crippen LogP contribution in [0, 0.1) is 0 Å². The maximum atomic E-state index is 12.1. The average Bonchev–Trinajstić information content (AvgIpc) is 2.32. The van der Waals surface area contributed by atoms with Crippen molar-refractivity contribution >= 4 is 23.4 Å². The van der Waals surface area contributed by atoms with Crippen LogP contribution in [-0.2, 0) is 0 Å². The quantitative estimate of drug-likeness (QED) is 0.776. The number of rotatable bonds is 6. The fourth-order valence-electron chi connectivity index (χ4n) is 1.63. The lowest BCUT2D eigenvalue weighted by Crippen LogP contribution is -2.34. The van der Waals surface area contributed by atoms with Crippen molar-refractivity contribution in [3.05, 3.63) is 23.8 Å². The molecule has 100 valence electrons. The van der Waals surface area contributed by atoms with Gasteiger partial charge in [0.2, 0.25) is 0 Å². The minimum atomic E-state index is -0.146. The van der Waals surface area contributed by atoms with E-state index in [9.17, 15) is 4.79 Å². The van der Waals surface area contributed by atoms with E-state index in [2.05, 4.69) is 5.32 Å². The molecule has 1 aromatic carbocycles. The predicted molar refractivity (Wildman–Crippen MR) is 77.3 cm³/mol. The van der Waals surface area contributed by atoms with Crippen LogP contribution in [0.15, 0.2) is 18.2 Å². The zero-order valence-electron chi connectivity index (χ0n) is 11.0. The molecular formula is C13H20N2O2S. The van der Waals surface area contributed by atoms with Crippen molar-refractivity contribution in [3.8, 4) is 5.75 Å². The van der Waals surface area contributed by atoms with Crippen molar-refractivity contribution in [2.75, 3.05) is 24.3 Å². The van der Waals surface area contributed by atoms with Crippen LogP contribution >= 0.6 is 11.8 Å². The van der Waals surface area contributed by atoms with Crippen LogP contribution in [0.1, 0.15) is 24.2 Å². The molecule has 1 unspecified atom stereocenters. The third-order valence-corrected chi connectivity index (χ3v) is 3.21. The molecule has 0 bridgehead atoms. The van der Waals surface area contributed by atoms with Gasteiger partial charge in [-0.2, -0.15) is 11.8 Å². The fraction of sp³-hybridized carbons (Fsp3) is 0.462. The number of hydrogen-bond donors (Lipinski definition) is 2. The zero-order valence-corrected chi connectivity index (χ0v) is 11.8. The van der Waals surface area contributed by atoms with Crippen LogP contribution in [0.25, 0.3) is 0 Å². The minimum Gasteiger partial charge on any atom is -0.491 e. The van der Waals surface area contributed by atoms with Gasteiger partial charge in [0.15, 0.2) is 5.75 Å². The fourth-order valence-corrected chi connectivity index (χ4v) is 2.22. The van der Waals surface area contributed by atoms with Crippen LogP contribution in [0.2, 0.25) is 0 Å². The van der Waals surface area contributed by atoms with Gasteiger partial charge in [0.1, 0.15) is 0 Å². The first-order chi connectivity index (χ1) is 8.60. The van der Waals surface area contributed by atoms with E-state index in [4.69, 9.17) is 10.5 Å². The lowest BCUT2D eigenvalue weighted by atomic mass is 10.1. The van der Waals surface area contributed by atoms with E-state index in [-0.39, 0.29) is 11.9 Å². The molecule has 0 saturated carbocycles. The van der Waals surface area contributed by atoms with Crippen LogP contribution in [0.4, 0.5) is 5.69 Å². The van der Waals surface area contributed by atoms with E-state index in [1.807, 2.05) is 20.1 Å². The van der Waals surface area contributed by atoms with E-state index in [0.717, 1.165) is 5.75 Å². The molecule has 1 amide bonds. The Kier molecular flexibility index (Phi) is 5.85. The largest absolute Gasteiger partial charge is 0.491 e. The molecule has 0 spiro atoms. The van der Waals surface area contributed by atoms with Crippen molar-refractivity contribution in [3.63, 3.8) is 0 Å². The van der Waals surface area contributed by atoms with Gasteiger partial charge in [-0.3, -0.25) is 4.79 Å². The van der Waals surface area contributed by atoms with Crippen molar-refractivity contribution in [1.82, 2.24) is 5.32 Å². The Morgan fingerprint density at radius 2 is 2.28 bits per heavy atom. The highest BCUT2D eigenvalue weighted by Crippen LogP contribution is 2.26. The van der Waals surface area contributed by atoms with Crippen molar-refractivity contribution in [2.45, 2.75) is 19.9 Å². The molecular weight excluding hydrogens is 248 g/mol. The Morgan fingerprint density at radius 1 is 1.56 bits per heavy atom. The van der Waals surface area contributed by atoms with E-state index in [1.165, 1.54) is 0 Å². The predicted octanol–water partition coefficient (Wildman–Crippen LogP) is 2.15. The smallest absolute Gasteiger partial charge is 0.255 e. The summed E-state index contributed by atoms with van der Waals surface area (Å²) in [7, 11) is 0. The second-order valence-electron chi connectivity index (χ2n) is 3.99. The summed E-state index contributed by atoms with van der Waals surface area (Å²) in [5.41, 5.74) is 6.80. The molecule has 0 saturated heterocycles. The van der Waals surface area contributed by atoms with E-state index in [1.54, 1.807) is 30.0 Å². The van der Waals surface area contributed by atoms with Crippen LogP contribution in [0.3, 0.4) is 0 Å². The third kappa shape index (κ3) is 3.84. The lowest BCUT2D eigenvalue weighted by Gasteiger charge is -2.15. The molecule has 0 aliphatic rings. The number of ether oxygens (including phenoxy) is 1. The number of nitrogens with one attached hydrogen (secondary N) is 1. The van der Waals surface area contributed by atoms with E-state index < -0.39 is 0 Å². The van der Waals surface area contributed by atoms with Crippen LogP contribution < -0.4 is 15.8 Å². The molecule has 0 radical (unpaired) electrons. The number of amides is 1. The number of thioether (sulfide) groups is 1. The number of hydrogen-bond acceptors (Lipinski definition) is 4. The summed E-state index contributed by atoms with van der Waals surface area (Å²) in [5.74, 6) is 1.19. The van der Waals surface area contributed by atoms with Crippen molar-refractivity contribution < 1.29 is 9.53 Å². The molecule has 0 heterocycles. The Labute approximate surface area is 112 Å². The van der Waals surface area contributed by atoms with Gasteiger partial charge in [0, 0.05) is 11.8 Å². The second-order valence-corrected chi connectivity index (χ2v) is 4.90. The van der Waals surface area contributed by atoms with Gasteiger partial charge in [0.25, 0.3) is 5.91 Å². The Balaban J connectivity index is 2.87. The molecule has 3 N–H and O–H groups in total. The molecule has 0 aliphatic heterocycles. The number of nitrogens with two attached hydrogens (primary N) is 1. The summed E-state index contributed by atoms with van der Waals surface area (Å²) in [6.07, 6.45) is 2.01. The lowest BCUT2D eigenvalue weighted by molar-refractivity contribution is 0.0940. The minimum absolute atomic E-state index is 0.114. The summed E-state index contributed by atoms with van der Waals surface area (Å²) < 4.78 is 5.44. The summed E-state index contributed by atoms with van der Waals surface area (Å²) in [6, 6.07) is 5.32. The first-order valence-electron chi connectivity index (χ1n) is 5.91. The molecule has 0 aliphatic carbocycles. The molecule has 4 nitrogen and oxygen atoms in total. The van der Waals surface area contributed by atoms with Gasteiger partial charge in [-0.1, -0.05) is 6.07 Å². The zero-order chi connectivity index (χ0) is 13.5. The normalized spacial score (nSPS) is 11.9. The topological polar surface area (TPSA) is 64.3 Å². The molecule has 18 heavy (non-hydrogen) atoms. The average molecular weight is 268 g/mol. The molecule has 0 fully saturated rings. The highest BCUT2D eigenvalue weighted by Gasteiger charge is 2.16. The first kappa shape index (κ1) is 14.7. The molecule has 1 rings (SSSR count). The van der Waals surface area contributed by atoms with Crippen molar-refractivity contribution in [2.24, 2.45) is 0 Å². The van der Waals surface area contributed by atoms with Crippen LogP contribution in [-0.4, -0.2) is 30.6 Å². The SMILES string of the molecule is CCOc1c(N)cccc1C(=O)NC(C)CSC. The summed E-state index contributed by atoms with van der Waals surface area (Å²) >= 11 is 1.69. The highest BCUT2D eigenvalue weighted by molar-refractivity contribution is 7.98. The Morgan fingerprint density at radius 3 is 2.89 bits per heavy atom. The summed E-state index contributed by atoms with van der Waals surface area (Å²) in [6.45, 7) is 4.32. The van der Waals surface area contributed by atoms with Gasteiger partial charge in [0.05, 0.1) is 17.9 Å². The maximum absolute atomic E-state index is 12.1. The standard InChI is InChI=1S/C13H20N2O2S/c1-4-17-12-10(6-5-7-11(12)14)13(16)15-9(2)8-18-3/h5-7,9H,4,8,14H2,1-3H3,(H,15,16). The Bertz CT molecular complexity index is 410. The number of benzene rings is 1. The monoisotopic (exact) mass is 268 g/mol. The van der Waals surface area contributed by atoms with Crippen LogP contribution in [0.5, 0.6) is 5.75 Å². The number of para-hydroxylation sites is 1. The third-order valence-electron chi connectivity index (χ3n) is 2.37. The second kappa shape index (κ2) is 7.16. The first-order valence-corrected chi connectivity index (χ1v) is 7.30. The summed E-state index contributed by atoms with van der Waals surface area (Å²) in [4.78, 5) is 12.1. The number of carbonyl (C=O) groups is 1. The van der Waals surface area contributed by atoms with Gasteiger partial charge >= 0.3 is 0 Å². The Hall–Kier alpha value is -1.36.